The molecule has 3 unspecified atom stereocenters. The zero-order chi connectivity index (χ0) is 15.1. The second-order valence-electron chi connectivity index (χ2n) is 5.95. The number of sulfone groups is 1. The van der Waals surface area contributed by atoms with Crippen LogP contribution < -0.4 is 5.32 Å². The summed E-state index contributed by atoms with van der Waals surface area (Å²) < 4.78 is 29.6. The topological polar surface area (TPSA) is 75.6 Å². The quantitative estimate of drug-likeness (QED) is 0.872. The van der Waals surface area contributed by atoms with Gasteiger partial charge in [-0.25, -0.2) is 8.42 Å². The molecule has 0 amide bonds. The van der Waals surface area contributed by atoms with E-state index in [-0.39, 0.29) is 17.9 Å². The van der Waals surface area contributed by atoms with Crippen LogP contribution in [0.3, 0.4) is 0 Å². The molecule has 0 bridgehead atoms. The fourth-order valence-electron chi connectivity index (χ4n) is 3.10. The molecule has 1 aromatic rings. The number of benzene rings is 1. The van der Waals surface area contributed by atoms with Gasteiger partial charge in [0.25, 0.3) is 0 Å². The average molecular weight is 311 g/mol. The standard InChI is InChI=1S/C15H21NO4S/c1-11-15(17,7-8-20-11)10-16-13-6-9-21(18,19)14-5-3-2-4-12(13)14/h2-5,11,13,16-17H,6-10H2,1H3. The number of hydrogen-bond donors (Lipinski definition) is 2. The lowest BCUT2D eigenvalue weighted by Gasteiger charge is -2.31. The average Bonchev–Trinajstić information content (AvgIpc) is 2.78. The van der Waals surface area contributed by atoms with Gasteiger partial charge in [0.1, 0.15) is 5.60 Å². The number of aliphatic hydroxyl groups is 1. The van der Waals surface area contributed by atoms with Crippen LogP contribution in [0.1, 0.15) is 31.4 Å². The van der Waals surface area contributed by atoms with Crippen LogP contribution in [0, 0.1) is 0 Å². The Kier molecular flexibility index (Phi) is 3.81. The van der Waals surface area contributed by atoms with Crippen LogP contribution in [0.4, 0.5) is 0 Å². The van der Waals surface area contributed by atoms with Crippen molar-refractivity contribution in [2.24, 2.45) is 0 Å². The van der Waals surface area contributed by atoms with E-state index in [0.29, 0.717) is 30.9 Å². The van der Waals surface area contributed by atoms with E-state index < -0.39 is 15.4 Å². The molecule has 1 aromatic carbocycles. The van der Waals surface area contributed by atoms with Crippen LogP contribution in [0.15, 0.2) is 29.2 Å². The monoisotopic (exact) mass is 311 g/mol. The summed E-state index contributed by atoms with van der Waals surface area (Å²) in [6.07, 6.45) is 0.936. The molecule has 21 heavy (non-hydrogen) atoms. The Morgan fingerprint density at radius 2 is 2.19 bits per heavy atom. The molecule has 0 aromatic heterocycles. The van der Waals surface area contributed by atoms with E-state index in [1.165, 1.54) is 0 Å². The third-order valence-corrected chi connectivity index (χ3v) is 6.43. The highest BCUT2D eigenvalue weighted by atomic mass is 32.2. The summed E-state index contributed by atoms with van der Waals surface area (Å²) in [6, 6.07) is 7.07. The summed E-state index contributed by atoms with van der Waals surface area (Å²) in [6.45, 7) is 2.84. The minimum Gasteiger partial charge on any atom is -0.386 e. The van der Waals surface area contributed by atoms with Gasteiger partial charge in [-0.15, -0.1) is 0 Å². The van der Waals surface area contributed by atoms with Gasteiger partial charge < -0.3 is 15.2 Å². The Balaban J connectivity index is 1.79. The van der Waals surface area contributed by atoms with Gasteiger partial charge in [0, 0.05) is 25.6 Å². The molecule has 5 nitrogen and oxygen atoms in total. The van der Waals surface area contributed by atoms with Gasteiger partial charge in [0.15, 0.2) is 9.84 Å². The minimum absolute atomic E-state index is 0.0402. The van der Waals surface area contributed by atoms with Gasteiger partial charge in [-0.05, 0) is 25.0 Å². The smallest absolute Gasteiger partial charge is 0.178 e. The first-order valence-corrected chi connectivity index (χ1v) is 8.97. The van der Waals surface area contributed by atoms with Crippen molar-refractivity contribution < 1.29 is 18.3 Å². The van der Waals surface area contributed by atoms with Crippen molar-refractivity contribution in [3.8, 4) is 0 Å². The van der Waals surface area contributed by atoms with Crippen LogP contribution in [0.25, 0.3) is 0 Å². The largest absolute Gasteiger partial charge is 0.386 e. The van der Waals surface area contributed by atoms with Gasteiger partial charge in [0.2, 0.25) is 0 Å². The van der Waals surface area contributed by atoms with Gasteiger partial charge in [-0.1, -0.05) is 18.2 Å². The lowest BCUT2D eigenvalue weighted by atomic mass is 9.95. The van der Waals surface area contributed by atoms with E-state index in [0.717, 1.165) is 5.56 Å². The lowest BCUT2D eigenvalue weighted by molar-refractivity contribution is -0.0278. The van der Waals surface area contributed by atoms with Crippen molar-refractivity contribution in [2.45, 2.75) is 42.4 Å². The predicted octanol–water partition coefficient (Wildman–Crippen LogP) is 1.03. The molecule has 0 aliphatic carbocycles. The highest BCUT2D eigenvalue weighted by Crippen LogP contribution is 2.33. The SMILES string of the molecule is CC1OCCC1(O)CNC1CCS(=O)(=O)c2ccccc21. The first-order valence-electron chi connectivity index (χ1n) is 7.31. The highest BCUT2D eigenvalue weighted by molar-refractivity contribution is 7.91. The molecule has 6 heteroatoms. The zero-order valence-corrected chi connectivity index (χ0v) is 12.9. The summed E-state index contributed by atoms with van der Waals surface area (Å²) in [5.74, 6) is 0.145. The second-order valence-corrected chi connectivity index (χ2v) is 8.02. The molecule has 1 saturated heterocycles. The maximum Gasteiger partial charge on any atom is 0.178 e. The van der Waals surface area contributed by atoms with E-state index in [4.69, 9.17) is 4.74 Å². The minimum atomic E-state index is -3.17. The van der Waals surface area contributed by atoms with Crippen molar-refractivity contribution >= 4 is 9.84 Å². The third kappa shape index (κ3) is 2.73. The van der Waals surface area contributed by atoms with Crippen LogP contribution in [0.2, 0.25) is 0 Å². The molecule has 0 radical (unpaired) electrons. The Bertz CT molecular complexity index is 630. The molecular weight excluding hydrogens is 290 g/mol. The van der Waals surface area contributed by atoms with E-state index in [1.807, 2.05) is 19.1 Å². The molecule has 2 heterocycles. The molecule has 3 atom stereocenters. The summed E-state index contributed by atoms with van der Waals surface area (Å²) in [5.41, 5.74) is -0.0652. The van der Waals surface area contributed by atoms with Crippen LogP contribution >= 0.6 is 0 Å². The Morgan fingerprint density at radius 1 is 1.43 bits per heavy atom. The molecule has 2 aliphatic heterocycles. The van der Waals surface area contributed by atoms with Crippen molar-refractivity contribution in [1.82, 2.24) is 5.32 Å². The lowest BCUT2D eigenvalue weighted by Crippen LogP contribution is -2.47. The summed E-state index contributed by atoms with van der Waals surface area (Å²) in [7, 11) is -3.17. The molecule has 0 spiro atoms. The van der Waals surface area contributed by atoms with Gasteiger partial charge >= 0.3 is 0 Å². The maximum absolute atomic E-state index is 12.1. The van der Waals surface area contributed by atoms with Crippen LogP contribution in [-0.2, 0) is 14.6 Å². The van der Waals surface area contributed by atoms with Crippen LogP contribution in [0.5, 0.6) is 0 Å². The second kappa shape index (κ2) is 5.35. The summed E-state index contributed by atoms with van der Waals surface area (Å²) in [4.78, 5) is 0.413. The molecule has 1 fully saturated rings. The maximum atomic E-state index is 12.1. The Hall–Kier alpha value is -0.950. The zero-order valence-electron chi connectivity index (χ0n) is 12.1. The van der Waals surface area contributed by atoms with Gasteiger partial charge in [-0.3, -0.25) is 0 Å². The van der Waals surface area contributed by atoms with Crippen molar-refractivity contribution in [3.63, 3.8) is 0 Å². The number of rotatable bonds is 3. The highest BCUT2D eigenvalue weighted by Gasteiger charge is 2.40. The normalized spacial score (nSPS) is 34.6. The summed E-state index contributed by atoms with van der Waals surface area (Å²) in [5, 5.41) is 13.9. The fraction of sp³-hybridized carbons (Fsp3) is 0.600. The molecule has 0 saturated carbocycles. The third-order valence-electron chi connectivity index (χ3n) is 4.62. The molecular formula is C15H21NO4S. The van der Waals surface area contributed by atoms with Crippen LogP contribution in [-0.4, -0.2) is 44.1 Å². The number of fused-ring (bicyclic) bond motifs is 1. The van der Waals surface area contributed by atoms with Crippen molar-refractivity contribution in [3.05, 3.63) is 29.8 Å². The number of hydrogen-bond acceptors (Lipinski definition) is 5. The van der Waals surface area contributed by atoms with Gasteiger partial charge in [0.05, 0.1) is 16.8 Å². The first kappa shape index (κ1) is 15.0. The summed E-state index contributed by atoms with van der Waals surface area (Å²) >= 11 is 0. The first-order chi connectivity index (χ1) is 9.92. The molecule has 2 aliphatic rings. The Labute approximate surface area is 125 Å². The van der Waals surface area contributed by atoms with E-state index >= 15 is 0 Å². The van der Waals surface area contributed by atoms with Crippen molar-refractivity contribution in [1.29, 1.82) is 0 Å². The number of nitrogens with one attached hydrogen (secondary N) is 1. The van der Waals surface area contributed by atoms with Crippen molar-refractivity contribution in [2.75, 3.05) is 18.9 Å². The predicted molar refractivity (Wildman–Crippen MR) is 78.8 cm³/mol. The van der Waals surface area contributed by atoms with E-state index in [2.05, 4.69) is 5.32 Å². The van der Waals surface area contributed by atoms with E-state index in [1.54, 1.807) is 12.1 Å². The molecule has 2 N–H and O–H groups in total. The number of ether oxygens (including phenoxy) is 1. The molecule has 3 rings (SSSR count). The Morgan fingerprint density at radius 3 is 2.90 bits per heavy atom. The molecule has 116 valence electrons. The van der Waals surface area contributed by atoms with Gasteiger partial charge in [-0.2, -0.15) is 0 Å². The fourth-order valence-corrected chi connectivity index (χ4v) is 4.73. The van der Waals surface area contributed by atoms with E-state index in [9.17, 15) is 13.5 Å².